The first-order valence-electron chi connectivity index (χ1n) is 6.02. The lowest BCUT2D eigenvalue weighted by molar-refractivity contribution is 0.481. The lowest BCUT2D eigenvalue weighted by Gasteiger charge is -2.12. The van der Waals surface area contributed by atoms with Gasteiger partial charge in [-0.15, -0.1) is 5.10 Å². The molecule has 0 amide bonds. The lowest BCUT2D eigenvalue weighted by atomic mass is 10.1. The first kappa shape index (κ1) is 10.5. The first-order valence-corrected chi connectivity index (χ1v) is 6.02. The van der Waals surface area contributed by atoms with Crippen LogP contribution in [0.15, 0.2) is 30.5 Å². The van der Waals surface area contributed by atoms with Crippen molar-refractivity contribution in [3.63, 3.8) is 0 Å². The molecular formula is C13H16N4. The zero-order chi connectivity index (χ0) is 11.7. The van der Waals surface area contributed by atoms with Crippen LogP contribution in [-0.4, -0.2) is 28.1 Å². The molecule has 3 rings (SSSR count). The van der Waals surface area contributed by atoms with Crippen LogP contribution in [0.5, 0.6) is 0 Å². The van der Waals surface area contributed by atoms with Crippen LogP contribution in [0.3, 0.4) is 0 Å². The summed E-state index contributed by atoms with van der Waals surface area (Å²) >= 11 is 0. The molecule has 4 nitrogen and oxygen atoms in total. The Bertz CT molecular complexity index is 512. The van der Waals surface area contributed by atoms with Crippen LogP contribution in [0.1, 0.15) is 18.0 Å². The fourth-order valence-electron chi connectivity index (χ4n) is 2.37. The SMILES string of the molecule is Cc1cccc(-c2cnnn2C2CCNC2)c1. The van der Waals surface area contributed by atoms with Gasteiger partial charge < -0.3 is 5.32 Å². The van der Waals surface area contributed by atoms with Gasteiger partial charge in [-0.1, -0.05) is 29.0 Å². The molecule has 1 fully saturated rings. The Labute approximate surface area is 101 Å². The molecule has 1 aromatic heterocycles. The molecular weight excluding hydrogens is 212 g/mol. The highest BCUT2D eigenvalue weighted by atomic mass is 15.4. The van der Waals surface area contributed by atoms with Gasteiger partial charge >= 0.3 is 0 Å². The minimum atomic E-state index is 0.438. The van der Waals surface area contributed by atoms with Gasteiger partial charge in [0.15, 0.2) is 0 Å². The Morgan fingerprint density at radius 1 is 1.41 bits per heavy atom. The molecule has 1 saturated heterocycles. The highest BCUT2D eigenvalue weighted by Crippen LogP contribution is 2.24. The molecule has 2 heterocycles. The summed E-state index contributed by atoms with van der Waals surface area (Å²) in [6.07, 6.45) is 2.98. The Morgan fingerprint density at radius 3 is 3.12 bits per heavy atom. The van der Waals surface area contributed by atoms with Crippen molar-refractivity contribution < 1.29 is 0 Å². The van der Waals surface area contributed by atoms with E-state index in [9.17, 15) is 0 Å². The van der Waals surface area contributed by atoms with Gasteiger partial charge in [0.2, 0.25) is 0 Å². The maximum Gasteiger partial charge on any atom is 0.0889 e. The molecule has 2 aromatic rings. The monoisotopic (exact) mass is 228 g/mol. The van der Waals surface area contributed by atoms with E-state index in [0.717, 1.165) is 25.2 Å². The van der Waals surface area contributed by atoms with E-state index in [1.165, 1.54) is 11.1 Å². The third-order valence-electron chi connectivity index (χ3n) is 3.27. The normalized spacial score (nSPS) is 19.7. The van der Waals surface area contributed by atoms with E-state index in [1.807, 2.05) is 6.20 Å². The fraction of sp³-hybridized carbons (Fsp3) is 0.385. The average molecular weight is 228 g/mol. The van der Waals surface area contributed by atoms with Crippen LogP contribution in [0, 0.1) is 6.92 Å². The molecule has 1 N–H and O–H groups in total. The summed E-state index contributed by atoms with van der Waals surface area (Å²) in [5.41, 5.74) is 3.57. The third kappa shape index (κ3) is 1.96. The number of aromatic nitrogens is 3. The topological polar surface area (TPSA) is 42.7 Å². The molecule has 0 saturated carbocycles. The van der Waals surface area contributed by atoms with Crippen LogP contribution in [0.2, 0.25) is 0 Å². The van der Waals surface area contributed by atoms with E-state index in [4.69, 9.17) is 0 Å². The highest BCUT2D eigenvalue weighted by Gasteiger charge is 2.20. The van der Waals surface area contributed by atoms with Crippen molar-refractivity contribution in [1.29, 1.82) is 0 Å². The zero-order valence-corrected chi connectivity index (χ0v) is 9.93. The van der Waals surface area contributed by atoms with Crippen LogP contribution < -0.4 is 5.32 Å². The van der Waals surface area contributed by atoms with Gasteiger partial charge in [0.25, 0.3) is 0 Å². The lowest BCUT2D eigenvalue weighted by Crippen LogP contribution is -2.15. The van der Waals surface area contributed by atoms with E-state index >= 15 is 0 Å². The molecule has 1 atom stereocenters. The van der Waals surface area contributed by atoms with E-state index in [2.05, 4.69) is 51.5 Å². The van der Waals surface area contributed by atoms with E-state index in [-0.39, 0.29) is 0 Å². The predicted molar refractivity (Wildman–Crippen MR) is 66.7 cm³/mol. The molecule has 88 valence electrons. The summed E-state index contributed by atoms with van der Waals surface area (Å²) < 4.78 is 2.05. The first-order chi connectivity index (χ1) is 8.34. The Hall–Kier alpha value is -1.68. The Morgan fingerprint density at radius 2 is 2.35 bits per heavy atom. The van der Waals surface area contributed by atoms with Gasteiger partial charge in [0.1, 0.15) is 0 Å². The molecule has 4 heteroatoms. The van der Waals surface area contributed by atoms with Gasteiger partial charge in [0, 0.05) is 12.1 Å². The summed E-state index contributed by atoms with van der Waals surface area (Å²) in [5.74, 6) is 0. The predicted octanol–water partition coefficient (Wildman–Crippen LogP) is 1.79. The maximum atomic E-state index is 4.23. The highest BCUT2D eigenvalue weighted by molar-refractivity contribution is 5.59. The van der Waals surface area contributed by atoms with Crippen molar-refractivity contribution >= 4 is 0 Å². The number of aryl methyl sites for hydroxylation is 1. The van der Waals surface area contributed by atoms with E-state index < -0.39 is 0 Å². The minimum Gasteiger partial charge on any atom is -0.315 e. The second-order valence-corrected chi connectivity index (χ2v) is 4.58. The van der Waals surface area contributed by atoms with Crippen molar-refractivity contribution in [2.45, 2.75) is 19.4 Å². The van der Waals surface area contributed by atoms with E-state index in [1.54, 1.807) is 0 Å². The van der Waals surface area contributed by atoms with Crippen LogP contribution in [0.4, 0.5) is 0 Å². The molecule has 1 unspecified atom stereocenters. The molecule has 0 spiro atoms. The van der Waals surface area contributed by atoms with Gasteiger partial charge in [-0.2, -0.15) is 0 Å². The van der Waals surface area contributed by atoms with E-state index in [0.29, 0.717) is 6.04 Å². The number of rotatable bonds is 2. The molecule has 1 aromatic carbocycles. The summed E-state index contributed by atoms with van der Waals surface area (Å²) in [6, 6.07) is 8.92. The average Bonchev–Trinajstić information content (AvgIpc) is 3.00. The molecule has 0 aliphatic carbocycles. The summed E-state index contributed by atoms with van der Waals surface area (Å²) in [7, 11) is 0. The smallest absolute Gasteiger partial charge is 0.0889 e. The molecule has 1 aliphatic rings. The van der Waals surface area contributed by atoms with Crippen LogP contribution in [0.25, 0.3) is 11.3 Å². The molecule has 17 heavy (non-hydrogen) atoms. The minimum absolute atomic E-state index is 0.438. The molecule has 0 radical (unpaired) electrons. The standard InChI is InChI=1S/C13H16N4/c1-10-3-2-4-11(7-10)13-9-15-16-17(13)12-5-6-14-8-12/h2-4,7,9,12,14H,5-6,8H2,1H3. The summed E-state index contributed by atoms with van der Waals surface area (Å²) in [6.45, 7) is 4.16. The summed E-state index contributed by atoms with van der Waals surface area (Å²) in [4.78, 5) is 0. The van der Waals surface area contributed by atoms with Crippen molar-refractivity contribution in [3.05, 3.63) is 36.0 Å². The number of nitrogens with zero attached hydrogens (tertiary/aromatic N) is 3. The molecule has 1 aliphatic heterocycles. The number of benzene rings is 1. The Balaban J connectivity index is 2.00. The quantitative estimate of drug-likeness (QED) is 0.852. The van der Waals surface area contributed by atoms with Crippen LogP contribution >= 0.6 is 0 Å². The largest absolute Gasteiger partial charge is 0.315 e. The number of hydrogen-bond donors (Lipinski definition) is 1. The van der Waals surface area contributed by atoms with Gasteiger partial charge in [-0.05, 0) is 26.0 Å². The van der Waals surface area contributed by atoms with Crippen molar-refractivity contribution in [2.75, 3.05) is 13.1 Å². The van der Waals surface area contributed by atoms with Crippen molar-refractivity contribution in [1.82, 2.24) is 20.3 Å². The van der Waals surface area contributed by atoms with Gasteiger partial charge in [-0.25, -0.2) is 4.68 Å². The van der Waals surface area contributed by atoms with Gasteiger partial charge in [0.05, 0.1) is 17.9 Å². The third-order valence-corrected chi connectivity index (χ3v) is 3.27. The number of hydrogen-bond acceptors (Lipinski definition) is 3. The second-order valence-electron chi connectivity index (χ2n) is 4.58. The zero-order valence-electron chi connectivity index (χ0n) is 9.93. The van der Waals surface area contributed by atoms with Crippen molar-refractivity contribution in [3.8, 4) is 11.3 Å². The number of nitrogens with one attached hydrogen (secondary N) is 1. The molecule has 0 bridgehead atoms. The summed E-state index contributed by atoms with van der Waals surface area (Å²) in [5, 5.41) is 11.7. The van der Waals surface area contributed by atoms with Crippen molar-refractivity contribution in [2.24, 2.45) is 0 Å². The van der Waals surface area contributed by atoms with Crippen LogP contribution in [-0.2, 0) is 0 Å². The second kappa shape index (κ2) is 4.30. The Kier molecular flexibility index (Phi) is 2.65. The maximum absolute atomic E-state index is 4.23. The fourth-order valence-corrected chi connectivity index (χ4v) is 2.37. The van der Waals surface area contributed by atoms with Gasteiger partial charge in [-0.3, -0.25) is 0 Å².